The van der Waals surface area contributed by atoms with Crippen molar-refractivity contribution in [3.05, 3.63) is 64.8 Å². The normalized spacial score (nSPS) is 11.0. The summed E-state index contributed by atoms with van der Waals surface area (Å²) in [6, 6.07) is 12.6. The fraction of sp³-hybridized carbons (Fsp3) is 0.238. The third kappa shape index (κ3) is 4.68. The van der Waals surface area contributed by atoms with Gasteiger partial charge in [0.2, 0.25) is 5.91 Å². The van der Waals surface area contributed by atoms with Crippen molar-refractivity contribution >= 4 is 40.0 Å². The molecule has 1 aromatic heterocycles. The SMILES string of the molecule is CC(C)C(=O)Nc1ccc(C(=O)NCCc2c[nH]c3ccc(Cl)cc23)cc1. The summed E-state index contributed by atoms with van der Waals surface area (Å²) in [5, 5.41) is 7.49. The highest BCUT2D eigenvalue weighted by Crippen LogP contribution is 2.22. The number of nitrogens with one attached hydrogen (secondary N) is 3. The lowest BCUT2D eigenvalue weighted by molar-refractivity contribution is -0.118. The highest BCUT2D eigenvalue weighted by atomic mass is 35.5. The van der Waals surface area contributed by atoms with Gasteiger partial charge in [0.05, 0.1) is 0 Å². The van der Waals surface area contributed by atoms with Crippen LogP contribution in [-0.2, 0) is 11.2 Å². The molecule has 0 unspecified atom stereocenters. The molecular weight excluding hydrogens is 362 g/mol. The minimum atomic E-state index is -0.144. The number of hydrogen-bond acceptors (Lipinski definition) is 2. The molecule has 3 rings (SSSR count). The minimum Gasteiger partial charge on any atom is -0.361 e. The Bertz CT molecular complexity index is 961. The zero-order valence-electron chi connectivity index (χ0n) is 15.3. The van der Waals surface area contributed by atoms with E-state index >= 15 is 0 Å². The van der Waals surface area contributed by atoms with E-state index in [4.69, 9.17) is 11.6 Å². The number of aromatic nitrogens is 1. The lowest BCUT2D eigenvalue weighted by atomic mass is 10.1. The number of fused-ring (bicyclic) bond motifs is 1. The Labute approximate surface area is 163 Å². The predicted molar refractivity (Wildman–Crippen MR) is 109 cm³/mol. The lowest BCUT2D eigenvalue weighted by Gasteiger charge is -2.09. The maximum atomic E-state index is 12.3. The average Bonchev–Trinajstić information content (AvgIpc) is 3.04. The summed E-state index contributed by atoms with van der Waals surface area (Å²) in [4.78, 5) is 27.2. The second-order valence-electron chi connectivity index (χ2n) is 6.73. The Hall–Kier alpha value is -2.79. The number of anilines is 1. The Morgan fingerprint density at radius 3 is 2.56 bits per heavy atom. The van der Waals surface area contributed by atoms with E-state index < -0.39 is 0 Å². The number of carbonyl (C=O) groups is 2. The van der Waals surface area contributed by atoms with E-state index in [1.165, 1.54) is 0 Å². The van der Waals surface area contributed by atoms with Crippen molar-refractivity contribution in [2.45, 2.75) is 20.3 Å². The summed E-state index contributed by atoms with van der Waals surface area (Å²) in [5.41, 5.74) is 3.37. The number of halogens is 1. The number of hydrogen-bond donors (Lipinski definition) is 3. The van der Waals surface area contributed by atoms with Crippen LogP contribution in [-0.4, -0.2) is 23.3 Å². The Kier molecular flexibility index (Phi) is 5.81. The molecule has 2 aromatic carbocycles. The van der Waals surface area contributed by atoms with Crippen LogP contribution in [0.2, 0.25) is 5.02 Å². The summed E-state index contributed by atoms with van der Waals surface area (Å²) in [7, 11) is 0. The van der Waals surface area contributed by atoms with E-state index in [1.807, 2.05) is 38.2 Å². The van der Waals surface area contributed by atoms with Crippen LogP contribution >= 0.6 is 11.6 Å². The number of rotatable bonds is 6. The summed E-state index contributed by atoms with van der Waals surface area (Å²) in [6.45, 7) is 4.18. The number of benzene rings is 2. The maximum absolute atomic E-state index is 12.3. The summed E-state index contributed by atoms with van der Waals surface area (Å²) >= 11 is 6.06. The fourth-order valence-electron chi connectivity index (χ4n) is 2.76. The Morgan fingerprint density at radius 2 is 1.85 bits per heavy atom. The standard InChI is InChI=1S/C21H22ClN3O2/c1-13(2)20(26)25-17-6-3-14(4-7-17)21(27)23-10-9-15-12-24-19-8-5-16(22)11-18(15)19/h3-8,11-13,24H,9-10H2,1-2H3,(H,23,27)(H,25,26). The molecule has 3 aromatic rings. The summed E-state index contributed by atoms with van der Waals surface area (Å²) in [6.07, 6.45) is 2.65. The van der Waals surface area contributed by atoms with Gasteiger partial charge in [-0.05, 0) is 54.4 Å². The third-order valence-corrected chi connectivity index (χ3v) is 4.58. The van der Waals surface area contributed by atoms with E-state index in [9.17, 15) is 9.59 Å². The Morgan fingerprint density at radius 1 is 1.11 bits per heavy atom. The first kappa shape index (κ1) is 19.0. The van der Waals surface area contributed by atoms with Gasteiger partial charge in [0.1, 0.15) is 0 Å². The molecule has 27 heavy (non-hydrogen) atoms. The van der Waals surface area contributed by atoms with Gasteiger partial charge in [-0.25, -0.2) is 0 Å². The van der Waals surface area contributed by atoms with Crippen LogP contribution in [0.15, 0.2) is 48.7 Å². The smallest absolute Gasteiger partial charge is 0.251 e. The second-order valence-corrected chi connectivity index (χ2v) is 7.17. The molecule has 0 saturated carbocycles. The van der Waals surface area contributed by atoms with Crippen LogP contribution in [0.5, 0.6) is 0 Å². The van der Waals surface area contributed by atoms with Crippen molar-refractivity contribution in [1.29, 1.82) is 0 Å². The fourth-order valence-corrected chi connectivity index (χ4v) is 2.93. The molecule has 0 saturated heterocycles. The van der Waals surface area contributed by atoms with Gasteiger partial charge >= 0.3 is 0 Å². The quantitative estimate of drug-likeness (QED) is 0.590. The van der Waals surface area contributed by atoms with Crippen LogP contribution in [0.3, 0.4) is 0 Å². The zero-order chi connectivity index (χ0) is 19.4. The average molecular weight is 384 g/mol. The summed E-state index contributed by atoms with van der Waals surface area (Å²) in [5.74, 6) is -0.284. The molecule has 0 spiro atoms. The van der Waals surface area contributed by atoms with Crippen molar-refractivity contribution in [2.75, 3.05) is 11.9 Å². The molecule has 140 valence electrons. The molecule has 6 heteroatoms. The van der Waals surface area contributed by atoms with Crippen LogP contribution in [0.25, 0.3) is 10.9 Å². The van der Waals surface area contributed by atoms with E-state index in [1.54, 1.807) is 24.3 Å². The molecule has 0 atom stereocenters. The van der Waals surface area contributed by atoms with Gasteiger partial charge in [-0.3, -0.25) is 9.59 Å². The molecule has 2 amide bonds. The number of aromatic amines is 1. The van der Waals surface area contributed by atoms with Gasteiger partial charge in [0, 0.05) is 45.8 Å². The van der Waals surface area contributed by atoms with Crippen molar-refractivity contribution in [1.82, 2.24) is 10.3 Å². The van der Waals surface area contributed by atoms with Gasteiger partial charge < -0.3 is 15.6 Å². The van der Waals surface area contributed by atoms with Crippen LogP contribution in [0.4, 0.5) is 5.69 Å². The second kappa shape index (κ2) is 8.27. The van der Waals surface area contributed by atoms with Crippen molar-refractivity contribution in [2.24, 2.45) is 5.92 Å². The highest BCUT2D eigenvalue weighted by molar-refractivity contribution is 6.31. The molecule has 0 bridgehead atoms. The maximum Gasteiger partial charge on any atom is 0.251 e. The largest absolute Gasteiger partial charge is 0.361 e. The molecule has 5 nitrogen and oxygen atoms in total. The van der Waals surface area contributed by atoms with Gasteiger partial charge in [-0.2, -0.15) is 0 Å². The van der Waals surface area contributed by atoms with Gasteiger partial charge in [-0.1, -0.05) is 25.4 Å². The van der Waals surface area contributed by atoms with E-state index in [0.717, 1.165) is 16.5 Å². The molecule has 0 fully saturated rings. The molecule has 0 aliphatic carbocycles. The molecule has 1 heterocycles. The lowest BCUT2D eigenvalue weighted by Crippen LogP contribution is -2.25. The number of H-pyrrole nitrogens is 1. The molecular formula is C21H22ClN3O2. The first-order valence-electron chi connectivity index (χ1n) is 8.88. The highest BCUT2D eigenvalue weighted by Gasteiger charge is 2.09. The van der Waals surface area contributed by atoms with E-state index in [-0.39, 0.29) is 17.7 Å². The van der Waals surface area contributed by atoms with Crippen molar-refractivity contribution in [3.63, 3.8) is 0 Å². The molecule has 0 aliphatic rings. The van der Waals surface area contributed by atoms with Gasteiger partial charge in [0.15, 0.2) is 0 Å². The van der Waals surface area contributed by atoms with Crippen LogP contribution in [0.1, 0.15) is 29.8 Å². The topological polar surface area (TPSA) is 74.0 Å². The third-order valence-electron chi connectivity index (χ3n) is 4.35. The van der Waals surface area contributed by atoms with Crippen molar-refractivity contribution in [3.8, 4) is 0 Å². The summed E-state index contributed by atoms with van der Waals surface area (Å²) < 4.78 is 0. The molecule has 3 N–H and O–H groups in total. The minimum absolute atomic E-state index is 0.0500. The van der Waals surface area contributed by atoms with Crippen LogP contribution in [0, 0.1) is 5.92 Å². The Balaban J connectivity index is 1.56. The van der Waals surface area contributed by atoms with Gasteiger partial charge in [-0.15, -0.1) is 0 Å². The molecule has 0 aliphatic heterocycles. The monoisotopic (exact) mass is 383 g/mol. The van der Waals surface area contributed by atoms with Crippen LogP contribution < -0.4 is 10.6 Å². The number of carbonyl (C=O) groups excluding carboxylic acids is 2. The predicted octanol–water partition coefficient (Wildman–Crippen LogP) is 4.39. The first-order valence-corrected chi connectivity index (χ1v) is 9.26. The van der Waals surface area contributed by atoms with E-state index in [2.05, 4.69) is 15.6 Å². The van der Waals surface area contributed by atoms with Gasteiger partial charge in [0.25, 0.3) is 5.91 Å². The number of amides is 2. The van der Waals surface area contributed by atoms with Crippen molar-refractivity contribution < 1.29 is 9.59 Å². The first-order chi connectivity index (χ1) is 12.9. The zero-order valence-corrected chi connectivity index (χ0v) is 16.1. The molecule has 0 radical (unpaired) electrons. The van der Waals surface area contributed by atoms with E-state index in [0.29, 0.717) is 29.2 Å².